The quantitative estimate of drug-likeness (QED) is 0.872. The van der Waals surface area contributed by atoms with Crippen LogP contribution in [-0.2, 0) is 6.42 Å². The molecule has 1 aromatic rings. The highest BCUT2D eigenvalue weighted by molar-refractivity contribution is 9.11. The third-order valence-corrected chi connectivity index (χ3v) is 2.79. The SMILES string of the molecule is C[C@@H](N)CCc1csc(Br)n1. The predicted molar refractivity (Wildman–Crippen MR) is 51.8 cm³/mol. The van der Waals surface area contributed by atoms with Gasteiger partial charge in [0.1, 0.15) is 0 Å². The van der Waals surface area contributed by atoms with Crippen LogP contribution in [-0.4, -0.2) is 11.0 Å². The van der Waals surface area contributed by atoms with Gasteiger partial charge in [0.2, 0.25) is 0 Å². The maximum Gasteiger partial charge on any atom is 0.159 e. The van der Waals surface area contributed by atoms with E-state index in [-0.39, 0.29) is 6.04 Å². The fourth-order valence-electron chi connectivity index (χ4n) is 0.773. The Morgan fingerprint density at radius 1 is 1.82 bits per heavy atom. The number of halogens is 1. The molecule has 0 bridgehead atoms. The third kappa shape index (κ3) is 3.31. The first kappa shape index (κ1) is 9.16. The molecule has 0 spiro atoms. The molecule has 0 saturated carbocycles. The van der Waals surface area contributed by atoms with Gasteiger partial charge in [-0.1, -0.05) is 0 Å². The third-order valence-electron chi connectivity index (χ3n) is 1.38. The summed E-state index contributed by atoms with van der Waals surface area (Å²) in [6.45, 7) is 2.02. The van der Waals surface area contributed by atoms with Crippen molar-refractivity contribution in [2.24, 2.45) is 5.73 Å². The van der Waals surface area contributed by atoms with Gasteiger partial charge in [-0.05, 0) is 35.7 Å². The molecular weight excluding hydrogens is 224 g/mol. The van der Waals surface area contributed by atoms with Gasteiger partial charge in [0.15, 0.2) is 3.92 Å². The van der Waals surface area contributed by atoms with Gasteiger partial charge >= 0.3 is 0 Å². The standard InChI is InChI=1S/C7H11BrN2S/c1-5(9)2-3-6-4-11-7(8)10-6/h4-5H,2-3,9H2,1H3/t5-/m1/s1. The molecule has 0 fully saturated rings. The lowest BCUT2D eigenvalue weighted by Gasteiger charge is -2.00. The Kier molecular flexibility index (Phi) is 3.48. The molecule has 2 nitrogen and oxygen atoms in total. The molecule has 1 heterocycles. The molecule has 0 aliphatic rings. The van der Waals surface area contributed by atoms with Gasteiger partial charge in [-0.3, -0.25) is 0 Å². The van der Waals surface area contributed by atoms with Gasteiger partial charge < -0.3 is 5.73 Å². The Labute approximate surface area is 79.0 Å². The second-order valence-corrected chi connectivity index (χ2v) is 4.74. The Bertz CT molecular complexity index is 222. The molecule has 1 atom stereocenters. The van der Waals surface area contributed by atoms with Crippen molar-refractivity contribution >= 4 is 27.3 Å². The average molecular weight is 235 g/mol. The summed E-state index contributed by atoms with van der Waals surface area (Å²) in [5.74, 6) is 0. The van der Waals surface area contributed by atoms with E-state index in [9.17, 15) is 0 Å². The minimum Gasteiger partial charge on any atom is -0.328 e. The largest absolute Gasteiger partial charge is 0.328 e. The Morgan fingerprint density at radius 3 is 3.00 bits per heavy atom. The summed E-state index contributed by atoms with van der Waals surface area (Å²) in [4.78, 5) is 4.26. The number of nitrogens with two attached hydrogens (primary N) is 1. The van der Waals surface area contributed by atoms with Crippen molar-refractivity contribution in [3.63, 3.8) is 0 Å². The molecule has 1 aromatic heterocycles. The van der Waals surface area contributed by atoms with Gasteiger partial charge in [-0.15, -0.1) is 11.3 Å². The number of aryl methyl sites for hydroxylation is 1. The molecule has 1 rings (SSSR count). The van der Waals surface area contributed by atoms with Gasteiger partial charge in [0.25, 0.3) is 0 Å². The maximum absolute atomic E-state index is 5.61. The van der Waals surface area contributed by atoms with E-state index in [1.165, 1.54) is 0 Å². The van der Waals surface area contributed by atoms with Crippen molar-refractivity contribution in [2.75, 3.05) is 0 Å². The number of nitrogens with zero attached hydrogens (tertiary/aromatic N) is 1. The van der Waals surface area contributed by atoms with E-state index < -0.39 is 0 Å². The van der Waals surface area contributed by atoms with Crippen LogP contribution < -0.4 is 5.73 Å². The van der Waals surface area contributed by atoms with Crippen LogP contribution in [0.1, 0.15) is 19.0 Å². The maximum atomic E-state index is 5.61. The van der Waals surface area contributed by atoms with E-state index in [0.717, 1.165) is 22.5 Å². The normalized spacial score (nSPS) is 13.4. The minimum absolute atomic E-state index is 0.274. The fraction of sp³-hybridized carbons (Fsp3) is 0.571. The van der Waals surface area contributed by atoms with Crippen LogP contribution in [0.5, 0.6) is 0 Å². The van der Waals surface area contributed by atoms with Crippen molar-refractivity contribution in [2.45, 2.75) is 25.8 Å². The number of thiazole rings is 1. The van der Waals surface area contributed by atoms with Gasteiger partial charge in [0.05, 0.1) is 5.69 Å². The average Bonchev–Trinajstić information content (AvgIpc) is 2.31. The summed E-state index contributed by atoms with van der Waals surface area (Å²) in [6.07, 6.45) is 2.00. The predicted octanol–water partition coefficient (Wildman–Crippen LogP) is 2.19. The molecule has 0 saturated heterocycles. The molecule has 0 aliphatic carbocycles. The Morgan fingerprint density at radius 2 is 2.55 bits per heavy atom. The smallest absolute Gasteiger partial charge is 0.159 e. The van der Waals surface area contributed by atoms with Gasteiger partial charge in [-0.2, -0.15) is 0 Å². The van der Waals surface area contributed by atoms with Crippen LogP contribution in [0.3, 0.4) is 0 Å². The summed E-state index contributed by atoms with van der Waals surface area (Å²) in [5, 5.41) is 2.06. The highest BCUT2D eigenvalue weighted by atomic mass is 79.9. The highest BCUT2D eigenvalue weighted by Gasteiger charge is 2.00. The summed E-state index contributed by atoms with van der Waals surface area (Å²) >= 11 is 4.94. The van der Waals surface area contributed by atoms with Crippen LogP contribution in [0.15, 0.2) is 9.30 Å². The fourth-order valence-corrected chi connectivity index (χ4v) is 1.85. The number of rotatable bonds is 3. The first-order valence-corrected chi connectivity index (χ1v) is 5.21. The van der Waals surface area contributed by atoms with Crippen LogP contribution in [0.2, 0.25) is 0 Å². The Balaban J connectivity index is 2.39. The summed E-state index contributed by atoms with van der Waals surface area (Å²) < 4.78 is 0.956. The molecular formula is C7H11BrN2S. The molecule has 2 N–H and O–H groups in total. The number of hydrogen-bond donors (Lipinski definition) is 1. The second-order valence-electron chi connectivity index (χ2n) is 2.61. The molecule has 4 heteroatoms. The first-order valence-electron chi connectivity index (χ1n) is 3.54. The van der Waals surface area contributed by atoms with Gasteiger partial charge in [-0.25, -0.2) is 4.98 Å². The van der Waals surface area contributed by atoms with E-state index in [1.54, 1.807) is 11.3 Å². The van der Waals surface area contributed by atoms with E-state index in [4.69, 9.17) is 5.73 Å². The summed E-state index contributed by atoms with van der Waals surface area (Å²) in [7, 11) is 0. The summed E-state index contributed by atoms with van der Waals surface area (Å²) in [5.41, 5.74) is 6.75. The van der Waals surface area contributed by atoms with E-state index in [1.807, 2.05) is 6.92 Å². The molecule has 0 unspecified atom stereocenters. The van der Waals surface area contributed by atoms with Crippen molar-refractivity contribution in [1.82, 2.24) is 4.98 Å². The zero-order chi connectivity index (χ0) is 8.27. The molecule has 0 aliphatic heterocycles. The van der Waals surface area contributed by atoms with Crippen molar-refractivity contribution in [3.05, 3.63) is 15.0 Å². The van der Waals surface area contributed by atoms with Gasteiger partial charge in [0, 0.05) is 11.4 Å². The second kappa shape index (κ2) is 4.18. The first-order chi connectivity index (χ1) is 5.18. The Hall–Kier alpha value is 0.0700. The van der Waals surface area contributed by atoms with Crippen molar-refractivity contribution < 1.29 is 0 Å². The lowest BCUT2D eigenvalue weighted by Crippen LogP contribution is -2.15. The summed E-state index contributed by atoms with van der Waals surface area (Å²) in [6, 6.07) is 0.274. The zero-order valence-electron chi connectivity index (χ0n) is 6.38. The molecule has 11 heavy (non-hydrogen) atoms. The number of hydrogen-bond acceptors (Lipinski definition) is 3. The lowest BCUT2D eigenvalue weighted by molar-refractivity contribution is 0.659. The van der Waals surface area contributed by atoms with E-state index >= 15 is 0 Å². The van der Waals surface area contributed by atoms with Crippen LogP contribution in [0.25, 0.3) is 0 Å². The zero-order valence-corrected chi connectivity index (χ0v) is 8.78. The molecule has 0 aromatic carbocycles. The monoisotopic (exact) mass is 234 g/mol. The van der Waals surface area contributed by atoms with Crippen LogP contribution in [0.4, 0.5) is 0 Å². The van der Waals surface area contributed by atoms with E-state index in [0.29, 0.717) is 0 Å². The van der Waals surface area contributed by atoms with Crippen molar-refractivity contribution in [1.29, 1.82) is 0 Å². The van der Waals surface area contributed by atoms with Crippen LogP contribution >= 0.6 is 27.3 Å². The lowest BCUT2D eigenvalue weighted by atomic mass is 10.2. The van der Waals surface area contributed by atoms with Crippen LogP contribution in [0, 0.1) is 0 Å². The minimum atomic E-state index is 0.274. The van der Waals surface area contributed by atoms with Crippen molar-refractivity contribution in [3.8, 4) is 0 Å². The van der Waals surface area contributed by atoms with E-state index in [2.05, 4.69) is 26.3 Å². The highest BCUT2D eigenvalue weighted by Crippen LogP contribution is 2.16. The topological polar surface area (TPSA) is 38.9 Å². The number of aromatic nitrogens is 1. The molecule has 0 radical (unpaired) electrons. The molecule has 0 amide bonds. The molecule has 62 valence electrons.